The quantitative estimate of drug-likeness (QED) is 0.0133. The lowest BCUT2D eigenvalue weighted by atomic mass is 10.2. The first kappa shape index (κ1) is 75.8. The number of carbonyl (C=O) groups is 5. The predicted octanol–water partition coefficient (Wildman–Crippen LogP) is 4.76. The van der Waals surface area contributed by atoms with Crippen LogP contribution in [0, 0.1) is 0 Å². The summed E-state index contributed by atoms with van der Waals surface area (Å²) in [6.45, 7) is 27.1. The van der Waals surface area contributed by atoms with Crippen molar-refractivity contribution in [3.05, 3.63) is 33.5 Å². The lowest BCUT2D eigenvalue weighted by Crippen LogP contribution is -2.24. The molecule has 0 aromatic carbocycles. The zero-order chi connectivity index (χ0) is 55.0. The van der Waals surface area contributed by atoms with Crippen LogP contribution in [0.25, 0.3) is 20.9 Å². The number of carboxylic acid groups (broad SMARTS) is 1. The molecular formula is C42H82N6O20S. The Kier molecular flexibility index (Phi) is 51.7. The summed E-state index contributed by atoms with van der Waals surface area (Å²) in [6.07, 6.45) is 2.69. The maximum Gasteiger partial charge on any atom is 0.330 e. The van der Waals surface area contributed by atoms with Gasteiger partial charge < -0.3 is 58.3 Å². The van der Waals surface area contributed by atoms with Crippen molar-refractivity contribution >= 4 is 40.0 Å². The van der Waals surface area contributed by atoms with Gasteiger partial charge in [-0.2, -0.15) is 8.42 Å². The zero-order valence-electron chi connectivity index (χ0n) is 42.9. The van der Waals surface area contributed by atoms with Gasteiger partial charge in [0.15, 0.2) is 0 Å². The third-order valence-corrected chi connectivity index (χ3v) is 5.90. The minimum Gasteiger partial charge on any atom is -0.481 e. The third-order valence-electron chi connectivity index (χ3n) is 5.30. The van der Waals surface area contributed by atoms with E-state index in [2.05, 4.69) is 30.8 Å². The molecule has 0 saturated heterocycles. The van der Waals surface area contributed by atoms with Crippen LogP contribution < -0.4 is 0 Å². The molecular weight excluding hydrogens is 941 g/mol. The molecule has 0 bridgehead atoms. The summed E-state index contributed by atoms with van der Waals surface area (Å²) in [6, 6.07) is 0. The van der Waals surface area contributed by atoms with Crippen molar-refractivity contribution in [3.63, 3.8) is 0 Å². The Morgan fingerprint density at radius 1 is 0.522 bits per heavy atom. The molecule has 0 fully saturated rings. The molecule has 27 heteroatoms. The molecule has 0 aliphatic rings. The normalized spacial score (nSPS) is 10.7. The number of nitrogens with zero attached hydrogens (tertiary/aromatic N) is 6. The van der Waals surface area contributed by atoms with Crippen LogP contribution in [-0.2, 0) is 76.2 Å². The number of carbonyl (C=O) groups excluding carboxylic acids is 4. The van der Waals surface area contributed by atoms with Gasteiger partial charge in [0.25, 0.3) is 10.1 Å². The van der Waals surface area contributed by atoms with Gasteiger partial charge in [0, 0.05) is 29.0 Å². The highest BCUT2D eigenvalue weighted by Crippen LogP contribution is 2.10. The van der Waals surface area contributed by atoms with Crippen molar-refractivity contribution < 1.29 is 94.9 Å². The summed E-state index contributed by atoms with van der Waals surface area (Å²) in [5.41, 5.74) is 14.0. The predicted molar refractivity (Wildman–Crippen MR) is 253 cm³/mol. The van der Waals surface area contributed by atoms with E-state index in [1.807, 2.05) is 62.3 Å². The fourth-order valence-electron chi connectivity index (χ4n) is 3.16. The number of esters is 4. The largest absolute Gasteiger partial charge is 0.481 e. The Balaban J connectivity index is -0.000000178. The number of azide groups is 2. The van der Waals surface area contributed by atoms with Crippen LogP contribution in [-0.4, -0.2) is 180 Å². The molecule has 69 heavy (non-hydrogen) atoms. The summed E-state index contributed by atoms with van der Waals surface area (Å²) < 4.78 is 65.4. The Labute approximate surface area is 407 Å². The second-order valence-corrected chi connectivity index (χ2v) is 18.6. The number of aliphatic carboxylic acids is 1. The maximum atomic E-state index is 11.2. The van der Waals surface area contributed by atoms with Crippen molar-refractivity contribution in [2.75, 3.05) is 98.6 Å². The standard InChI is InChI=1S/C10H20O6S.C9H17N3O3.C9H18O4.C7H12O2.C5H9N3O3.C2H6O2/c1-10(2,3)16-9(11)5-6-14-7-8-15-17(4,12)13;1-9(2,3)15-8(13)4-6-14-7-5-11-12-10;1-9(2,3)13-8(11)4-6-12-7-5-10;1-5-6(8)9-7(2,3)4;6-8-7-2-4-11-3-1-5(9)10;3-1-2-4/h5-8H2,1-4H3;4-7H2,1-3H3;10H,4-7H2,1-3H3;5H,1H2,2-4H3;1-4H2,(H,9,10);3-4H,1-2H2. The Bertz CT molecular complexity index is 1560. The lowest BCUT2D eigenvalue weighted by Gasteiger charge is -2.19. The highest BCUT2D eigenvalue weighted by atomic mass is 32.2. The van der Waals surface area contributed by atoms with Crippen LogP contribution in [0.1, 0.15) is 109 Å². The van der Waals surface area contributed by atoms with E-state index in [1.54, 1.807) is 20.8 Å². The number of ether oxygens (including phenoxy) is 8. The summed E-state index contributed by atoms with van der Waals surface area (Å²) in [4.78, 5) is 58.9. The molecule has 0 aliphatic carbocycles. The van der Waals surface area contributed by atoms with Gasteiger partial charge in [-0.1, -0.05) is 16.8 Å². The summed E-state index contributed by atoms with van der Waals surface area (Å²) in [5, 5.41) is 38.3. The molecule has 0 unspecified atom stereocenters. The first-order chi connectivity index (χ1) is 31.6. The van der Waals surface area contributed by atoms with Crippen LogP contribution in [0.2, 0.25) is 0 Å². The van der Waals surface area contributed by atoms with Crippen LogP contribution >= 0.6 is 0 Å². The second-order valence-electron chi connectivity index (χ2n) is 16.9. The van der Waals surface area contributed by atoms with Crippen molar-refractivity contribution in [2.45, 2.75) is 131 Å². The minimum atomic E-state index is -3.42. The molecule has 0 rings (SSSR count). The number of aliphatic hydroxyl groups excluding tert-OH is 3. The number of aliphatic hydroxyl groups is 3. The van der Waals surface area contributed by atoms with Crippen LogP contribution in [0.3, 0.4) is 0 Å². The summed E-state index contributed by atoms with van der Waals surface area (Å²) >= 11 is 0. The van der Waals surface area contributed by atoms with Crippen molar-refractivity contribution in [1.82, 2.24) is 0 Å². The first-order valence-corrected chi connectivity index (χ1v) is 23.2. The Morgan fingerprint density at radius 2 is 0.841 bits per heavy atom. The number of hydrogen-bond donors (Lipinski definition) is 4. The molecule has 0 atom stereocenters. The maximum absolute atomic E-state index is 11.2. The van der Waals surface area contributed by atoms with Crippen LogP contribution in [0.4, 0.5) is 0 Å². The number of hydrogen-bond acceptors (Lipinski definition) is 21. The van der Waals surface area contributed by atoms with Crippen molar-refractivity contribution in [2.24, 2.45) is 10.2 Å². The Hall–Kier alpha value is -4.66. The van der Waals surface area contributed by atoms with E-state index in [0.717, 1.165) is 12.3 Å². The van der Waals surface area contributed by atoms with E-state index in [0.29, 0.717) is 13.2 Å². The second kappa shape index (κ2) is 47.0. The highest BCUT2D eigenvalue weighted by Gasteiger charge is 2.18. The van der Waals surface area contributed by atoms with Crippen LogP contribution in [0.15, 0.2) is 22.9 Å². The van der Waals surface area contributed by atoms with E-state index in [9.17, 15) is 32.4 Å². The van der Waals surface area contributed by atoms with E-state index in [4.69, 9.17) is 69.4 Å². The molecule has 406 valence electrons. The van der Waals surface area contributed by atoms with Gasteiger partial charge >= 0.3 is 29.8 Å². The number of carboxylic acids is 1. The smallest absolute Gasteiger partial charge is 0.330 e. The molecule has 26 nitrogen and oxygen atoms in total. The topological polar surface area (TPSA) is 381 Å². The third kappa shape index (κ3) is 94.0. The van der Waals surface area contributed by atoms with E-state index < -0.39 is 38.5 Å². The summed E-state index contributed by atoms with van der Waals surface area (Å²) in [5.74, 6) is -2.17. The average molecular weight is 1020 g/mol. The van der Waals surface area contributed by atoms with Gasteiger partial charge in [-0.05, 0) is 94.1 Å². The van der Waals surface area contributed by atoms with Gasteiger partial charge in [0.2, 0.25) is 0 Å². The van der Waals surface area contributed by atoms with Gasteiger partial charge in [0.1, 0.15) is 22.4 Å². The minimum absolute atomic E-state index is 0.0176. The zero-order valence-corrected chi connectivity index (χ0v) is 43.7. The summed E-state index contributed by atoms with van der Waals surface area (Å²) in [7, 11) is -3.42. The van der Waals surface area contributed by atoms with E-state index in [1.165, 1.54) is 0 Å². The number of rotatable bonds is 26. The SMILES string of the molecule is C=CC(=O)OC(C)(C)C.CC(C)(C)OC(=O)CCOCCN=[N+]=[N-].CC(C)(C)OC(=O)CCOCCO.CC(C)(C)OC(=O)CCOCCOS(C)(=O)=O.OCCO.[N-]=[N+]=NCCOCCC(=O)O. The van der Waals surface area contributed by atoms with E-state index in [-0.39, 0.29) is 129 Å². The molecule has 0 aromatic heterocycles. The molecule has 0 aliphatic heterocycles. The molecule has 0 aromatic rings. The lowest BCUT2D eigenvalue weighted by molar-refractivity contribution is -0.157. The molecule has 0 radical (unpaired) electrons. The first-order valence-electron chi connectivity index (χ1n) is 21.4. The molecule has 0 heterocycles. The van der Waals surface area contributed by atoms with Gasteiger partial charge in [-0.15, -0.1) is 0 Å². The fourth-order valence-corrected chi connectivity index (χ4v) is 3.54. The molecule has 0 amide bonds. The van der Waals surface area contributed by atoms with Crippen molar-refractivity contribution in [3.8, 4) is 0 Å². The van der Waals surface area contributed by atoms with Crippen molar-refractivity contribution in [1.29, 1.82) is 0 Å². The average Bonchev–Trinajstić information content (AvgIpc) is 3.18. The van der Waals surface area contributed by atoms with E-state index >= 15 is 0 Å². The fraction of sp³-hybridized carbons (Fsp3) is 0.833. The highest BCUT2D eigenvalue weighted by molar-refractivity contribution is 7.85. The van der Waals surface area contributed by atoms with Gasteiger partial charge in [-0.25, -0.2) is 4.79 Å². The monoisotopic (exact) mass is 1020 g/mol. The molecule has 0 saturated carbocycles. The Morgan fingerprint density at radius 3 is 1.09 bits per heavy atom. The molecule has 0 spiro atoms. The molecule has 4 N–H and O–H groups in total. The van der Waals surface area contributed by atoms with Gasteiger partial charge in [0.05, 0.1) is 111 Å². The van der Waals surface area contributed by atoms with Crippen LogP contribution in [0.5, 0.6) is 0 Å². The van der Waals surface area contributed by atoms with Gasteiger partial charge in [-0.3, -0.25) is 23.4 Å².